The minimum absolute atomic E-state index is 0.330. The highest BCUT2D eigenvalue weighted by molar-refractivity contribution is 9.10. The lowest BCUT2D eigenvalue weighted by Gasteiger charge is -2.12. The van der Waals surface area contributed by atoms with Crippen LogP contribution in [0.15, 0.2) is 22.7 Å². The van der Waals surface area contributed by atoms with Gasteiger partial charge in [0, 0.05) is 18.2 Å². The van der Waals surface area contributed by atoms with Gasteiger partial charge >= 0.3 is 0 Å². The lowest BCUT2D eigenvalue weighted by atomic mass is 10.2. The molecule has 112 valence electrons. The molecule has 0 spiro atoms. The molecule has 0 fully saturated rings. The van der Waals surface area contributed by atoms with Gasteiger partial charge in [0.05, 0.1) is 4.47 Å². The number of aryl methyl sites for hydroxylation is 2. The third-order valence-electron chi connectivity index (χ3n) is 2.92. The number of rotatable bonds is 5. The molecule has 0 amide bonds. The van der Waals surface area contributed by atoms with Crippen LogP contribution in [0.25, 0.3) is 0 Å². The van der Waals surface area contributed by atoms with Crippen molar-refractivity contribution in [3.8, 4) is 0 Å². The molecule has 0 bridgehead atoms. The Balaban J connectivity index is 2.34. The third kappa shape index (κ3) is 3.89. The SMILES string of the molecule is CCCc1nc(NN)cc(Nc2cc(F)c(Br)cc2C)n1. The summed E-state index contributed by atoms with van der Waals surface area (Å²) in [5.74, 6) is 6.87. The quantitative estimate of drug-likeness (QED) is 0.564. The maximum Gasteiger partial charge on any atom is 0.145 e. The van der Waals surface area contributed by atoms with E-state index in [0.29, 0.717) is 27.6 Å². The van der Waals surface area contributed by atoms with E-state index in [2.05, 4.69) is 36.6 Å². The van der Waals surface area contributed by atoms with Crippen molar-refractivity contribution in [2.24, 2.45) is 5.84 Å². The van der Waals surface area contributed by atoms with Crippen LogP contribution in [0.4, 0.5) is 21.7 Å². The number of nitrogens with zero attached hydrogens (tertiary/aromatic N) is 2. The van der Waals surface area contributed by atoms with E-state index in [9.17, 15) is 4.39 Å². The Morgan fingerprint density at radius 1 is 1.24 bits per heavy atom. The van der Waals surface area contributed by atoms with E-state index >= 15 is 0 Å². The Kier molecular flexibility index (Phi) is 5.08. The molecule has 0 radical (unpaired) electrons. The molecule has 4 N–H and O–H groups in total. The standard InChI is InChI=1S/C14H17BrFN5/c1-3-4-12-19-13(7-14(20-12)21-17)18-11-6-10(16)9(15)5-8(11)2/h5-7H,3-4,17H2,1-2H3,(H2,18,19,20,21). The fraction of sp³-hybridized carbons (Fsp3) is 0.286. The number of nitrogen functional groups attached to an aromatic ring is 1. The molecule has 7 heteroatoms. The first kappa shape index (κ1) is 15.7. The van der Waals surface area contributed by atoms with E-state index in [1.54, 1.807) is 12.1 Å². The molecular formula is C14H17BrFN5. The van der Waals surface area contributed by atoms with E-state index in [4.69, 9.17) is 5.84 Å². The van der Waals surface area contributed by atoms with Gasteiger partial charge in [-0.1, -0.05) is 6.92 Å². The normalized spacial score (nSPS) is 10.5. The van der Waals surface area contributed by atoms with Gasteiger partial charge in [-0.25, -0.2) is 20.2 Å². The minimum atomic E-state index is -0.330. The molecule has 1 aromatic heterocycles. The number of hydrogen-bond donors (Lipinski definition) is 3. The fourth-order valence-electron chi connectivity index (χ4n) is 1.89. The molecule has 1 aromatic carbocycles. The Morgan fingerprint density at radius 2 is 1.95 bits per heavy atom. The zero-order valence-corrected chi connectivity index (χ0v) is 13.5. The summed E-state index contributed by atoms with van der Waals surface area (Å²) in [5, 5.41) is 3.11. The summed E-state index contributed by atoms with van der Waals surface area (Å²) in [6, 6.07) is 4.82. The maximum atomic E-state index is 13.7. The van der Waals surface area contributed by atoms with Gasteiger partial charge in [-0.05, 0) is 47.0 Å². The third-order valence-corrected chi connectivity index (χ3v) is 3.53. The summed E-state index contributed by atoms with van der Waals surface area (Å²) >= 11 is 3.17. The molecule has 2 rings (SSSR count). The van der Waals surface area contributed by atoms with Crippen LogP contribution in [0.2, 0.25) is 0 Å². The van der Waals surface area contributed by atoms with Crippen molar-refractivity contribution in [2.45, 2.75) is 26.7 Å². The molecule has 2 aromatic rings. The van der Waals surface area contributed by atoms with Crippen LogP contribution in [0.5, 0.6) is 0 Å². The number of nitrogens with one attached hydrogen (secondary N) is 2. The van der Waals surface area contributed by atoms with Crippen LogP contribution in [0, 0.1) is 12.7 Å². The van der Waals surface area contributed by atoms with E-state index in [-0.39, 0.29) is 5.82 Å². The molecule has 21 heavy (non-hydrogen) atoms. The van der Waals surface area contributed by atoms with Gasteiger partial charge in [-0.2, -0.15) is 0 Å². The monoisotopic (exact) mass is 353 g/mol. The molecule has 0 aliphatic heterocycles. The van der Waals surface area contributed by atoms with Gasteiger partial charge in [0.1, 0.15) is 23.3 Å². The summed E-state index contributed by atoms with van der Waals surface area (Å²) in [7, 11) is 0. The van der Waals surface area contributed by atoms with Crippen LogP contribution in [-0.4, -0.2) is 9.97 Å². The van der Waals surface area contributed by atoms with Gasteiger partial charge in [-0.15, -0.1) is 0 Å². The van der Waals surface area contributed by atoms with Gasteiger partial charge in [0.15, 0.2) is 0 Å². The van der Waals surface area contributed by atoms with Gasteiger partial charge in [0.25, 0.3) is 0 Å². The highest BCUT2D eigenvalue weighted by Gasteiger charge is 2.08. The molecule has 0 saturated carbocycles. The fourth-order valence-corrected chi connectivity index (χ4v) is 2.35. The Morgan fingerprint density at radius 3 is 2.62 bits per heavy atom. The number of aromatic nitrogens is 2. The molecule has 0 atom stereocenters. The van der Waals surface area contributed by atoms with Gasteiger partial charge in [-0.3, -0.25) is 0 Å². The molecule has 1 heterocycles. The van der Waals surface area contributed by atoms with E-state index in [0.717, 1.165) is 18.4 Å². The largest absolute Gasteiger partial charge is 0.340 e. The van der Waals surface area contributed by atoms with E-state index < -0.39 is 0 Å². The second-order valence-corrected chi connectivity index (χ2v) is 5.51. The Labute approximate surface area is 131 Å². The first-order valence-electron chi connectivity index (χ1n) is 6.60. The first-order chi connectivity index (χ1) is 10.0. The van der Waals surface area contributed by atoms with Crippen molar-refractivity contribution in [1.82, 2.24) is 9.97 Å². The number of anilines is 3. The summed E-state index contributed by atoms with van der Waals surface area (Å²) in [6.07, 6.45) is 1.68. The van der Waals surface area contributed by atoms with Crippen LogP contribution in [0.3, 0.4) is 0 Å². The number of halogens is 2. The second kappa shape index (κ2) is 6.82. The molecule has 5 nitrogen and oxygen atoms in total. The van der Waals surface area contributed by atoms with Crippen LogP contribution in [-0.2, 0) is 6.42 Å². The maximum absolute atomic E-state index is 13.7. The van der Waals surface area contributed by atoms with Crippen molar-refractivity contribution in [2.75, 3.05) is 10.7 Å². The highest BCUT2D eigenvalue weighted by atomic mass is 79.9. The van der Waals surface area contributed by atoms with Crippen LogP contribution in [0.1, 0.15) is 24.7 Å². The summed E-state index contributed by atoms with van der Waals surface area (Å²) in [5.41, 5.74) is 4.07. The molecule has 0 unspecified atom stereocenters. The molecule has 0 aliphatic rings. The zero-order valence-electron chi connectivity index (χ0n) is 11.9. The Hall–Kier alpha value is -1.73. The van der Waals surface area contributed by atoms with Crippen molar-refractivity contribution in [3.05, 3.63) is 39.9 Å². The van der Waals surface area contributed by atoms with Crippen molar-refractivity contribution >= 4 is 33.3 Å². The molecule has 0 aliphatic carbocycles. The number of hydrogen-bond acceptors (Lipinski definition) is 5. The highest BCUT2D eigenvalue weighted by Crippen LogP contribution is 2.26. The summed E-state index contributed by atoms with van der Waals surface area (Å²) in [6.45, 7) is 3.94. The lowest BCUT2D eigenvalue weighted by molar-refractivity contribution is 0.621. The van der Waals surface area contributed by atoms with E-state index in [1.807, 2.05) is 13.8 Å². The zero-order chi connectivity index (χ0) is 15.4. The predicted octanol–water partition coefficient (Wildman–Crippen LogP) is 3.67. The summed E-state index contributed by atoms with van der Waals surface area (Å²) < 4.78 is 14.1. The molecular weight excluding hydrogens is 337 g/mol. The summed E-state index contributed by atoms with van der Waals surface area (Å²) in [4.78, 5) is 8.68. The lowest BCUT2D eigenvalue weighted by Crippen LogP contribution is -2.11. The second-order valence-electron chi connectivity index (χ2n) is 4.66. The average molecular weight is 354 g/mol. The first-order valence-corrected chi connectivity index (χ1v) is 7.40. The number of nitrogens with two attached hydrogens (primary N) is 1. The van der Waals surface area contributed by atoms with Crippen LogP contribution < -0.4 is 16.6 Å². The van der Waals surface area contributed by atoms with Gasteiger partial charge in [0.2, 0.25) is 0 Å². The van der Waals surface area contributed by atoms with Crippen molar-refractivity contribution in [3.63, 3.8) is 0 Å². The van der Waals surface area contributed by atoms with Crippen molar-refractivity contribution in [1.29, 1.82) is 0 Å². The number of hydrazine groups is 1. The van der Waals surface area contributed by atoms with Crippen LogP contribution >= 0.6 is 15.9 Å². The predicted molar refractivity (Wildman–Crippen MR) is 86.0 cm³/mol. The smallest absolute Gasteiger partial charge is 0.145 e. The van der Waals surface area contributed by atoms with E-state index in [1.165, 1.54) is 6.07 Å². The topological polar surface area (TPSA) is 75.9 Å². The van der Waals surface area contributed by atoms with Crippen molar-refractivity contribution < 1.29 is 4.39 Å². The Bertz CT molecular complexity index is 648. The average Bonchev–Trinajstić information content (AvgIpc) is 2.45. The van der Waals surface area contributed by atoms with Gasteiger partial charge < -0.3 is 10.7 Å². The minimum Gasteiger partial charge on any atom is -0.340 e. The number of benzene rings is 1. The molecule has 0 saturated heterocycles.